The fraction of sp³-hybridized carbons (Fsp3) is 0.385. The van der Waals surface area contributed by atoms with E-state index in [0.717, 1.165) is 5.69 Å². The van der Waals surface area contributed by atoms with E-state index >= 15 is 0 Å². The normalized spacial score (nSPS) is 11.2. The summed E-state index contributed by atoms with van der Waals surface area (Å²) in [6.45, 7) is 5.76. The lowest BCUT2D eigenvalue weighted by molar-refractivity contribution is -0.124. The third kappa shape index (κ3) is 4.04. The standard InChI is InChI=1S/C13H17N5O2/c1-13(2,3)15-12(19)8-20-11-6-4-10(5-7-11)18-9-14-16-17-18/h4-7,9H,8H2,1-3H3,(H,15,19). The van der Waals surface area contributed by atoms with Crippen LogP contribution in [0.2, 0.25) is 0 Å². The lowest BCUT2D eigenvalue weighted by atomic mass is 10.1. The molecule has 106 valence electrons. The second-order valence-corrected chi connectivity index (χ2v) is 5.34. The lowest BCUT2D eigenvalue weighted by Gasteiger charge is -2.20. The third-order valence-electron chi connectivity index (χ3n) is 2.33. The first-order valence-corrected chi connectivity index (χ1v) is 6.21. The number of nitrogens with one attached hydrogen (secondary N) is 1. The number of tetrazole rings is 1. The molecular formula is C13H17N5O2. The Morgan fingerprint density at radius 2 is 2.00 bits per heavy atom. The number of benzene rings is 1. The van der Waals surface area contributed by atoms with Crippen LogP contribution in [0.15, 0.2) is 30.6 Å². The highest BCUT2D eigenvalue weighted by molar-refractivity contribution is 5.78. The summed E-state index contributed by atoms with van der Waals surface area (Å²) in [6, 6.07) is 7.16. The topological polar surface area (TPSA) is 81.9 Å². The van der Waals surface area contributed by atoms with Crippen LogP contribution in [0.5, 0.6) is 5.75 Å². The lowest BCUT2D eigenvalue weighted by Crippen LogP contribution is -2.43. The number of carbonyl (C=O) groups is 1. The number of nitrogens with zero attached hydrogens (tertiary/aromatic N) is 4. The second kappa shape index (κ2) is 5.68. The Morgan fingerprint density at radius 3 is 2.55 bits per heavy atom. The maximum absolute atomic E-state index is 11.6. The van der Waals surface area contributed by atoms with Gasteiger partial charge in [-0.2, -0.15) is 0 Å². The van der Waals surface area contributed by atoms with Crippen molar-refractivity contribution >= 4 is 5.91 Å². The SMILES string of the molecule is CC(C)(C)NC(=O)COc1ccc(-n2cnnn2)cc1. The van der Waals surface area contributed by atoms with Gasteiger partial charge in [-0.25, -0.2) is 4.68 Å². The van der Waals surface area contributed by atoms with E-state index in [2.05, 4.69) is 20.8 Å². The number of carbonyl (C=O) groups excluding carboxylic acids is 1. The maximum Gasteiger partial charge on any atom is 0.258 e. The summed E-state index contributed by atoms with van der Waals surface area (Å²) in [5.41, 5.74) is 0.561. The van der Waals surface area contributed by atoms with Gasteiger partial charge in [0.2, 0.25) is 0 Å². The average molecular weight is 275 g/mol. The molecule has 1 heterocycles. The van der Waals surface area contributed by atoms with E-state index < -0.39 is 0 Å². The van der Waals surface area contributed by atoms with Gasteiger partial charge in [0.05, 0.1) is 5.69 Å². The highest BCUT2D eigenvalue weighted by Crippen LogP contribution is 2.14. The molecule has 0 fully saturated rings. The van der Waals surface area contributed by atoms with Crippen molar-refractivity contribution in [2.24, 2.45) is 0 Å². The third-order valence-corrected chi connectivity index (χ3v) is 2.33. The average Bonchev–Trinajstić information content (AvgIpc) is 2.89. The summed E-state index contributed by atoms with van der Waals surface area (Å²) in [6.07, 6.45) is 1.51. The molecule has 20 heavy (non-hydrogen) atoms. The highest BCUT2D eigenvalue weighted by atomic mass is 16.5. The van der Waals surface area contributed by atoms with Crippen LogP contribution >= 0.6 is 0 Å². The van der Waals surface area contributed by atoms with Gasteiger partial charge in [0.25, 0.3) is 5.91 Å². The van der Waals surface area contributed by atoms with Gasteiger partial charge in [0.1, 0.15) is 12.1 Å². The van der Waals surface area contributed by atoms with Gasteiger partial charge in [-0.15, -0.1) is 5.10 Å². The molecule has 0 radical (unpaired) electrons. The van der Waals surface area contributed by atoms with Crippen molar-refractivity contribution in [3.63, 3.8) is 0 Å². The minimum absolute atomic E-state index is 0.0124. The van der Waals surface area contributed by atoms with E-state index in [-0.39, 0.29) is 18.1 Å². The predicted octanol–water partition coefficient (Wildman–Crippen LogP) is 0.956. The molecule has 1 aromatic heterocycles. The van der Waals surface area contributed by atoms with Crippen LogP contribution in [-0.2, 0) is 4.79 Å². The zero-order valence-corrected chi connectivity index (χ0v) is 11.7. The van der Waals surface area contributed by atoms with Crippen LogP contribution in [0.25, 0.3) is 5.69 Å². The van der Waals surface area contributed by atoms with Gasteiger partial charge in [-0.3, -0.25) is 4.79 Å². The van der Waals surface area contributed by atoms with Gasteiger partial charge in [-0.05, 0) is 55.5 Å². The second-order valence-electron chi connectivity index (χ2n) is 5.34. The molecule has 7 heteroatoms. The number of hydrogen-bond donors (Lipinski definition) is 1. The molecular weight excluding hydrogens is 258 g/mol. The molecule has 0 aliphatic heterocycles. The molecule has 1 aromatic carbocycles. The monoisotopic (exact) mass is 275 g/mol. The minimum Gasteiger partial charge on any atom is -0.484 e. The van der Waals surface area contributed by atoms with E-state index in [1.54, 1.807) is 12.1 Å². The predicted molar refractivity (Wildman–Crippen MR) is 72.5 cm³/mol. The first-order chi connectivity index (χ1) is 9.44. The summed E-state index contributed by atoms with van der Waals surface area (Å²) in [5.74, 6) is 0.466. The van der Waals surface area contributed by atoms with Crippen LogP contribution in [0.3, 0.4) is 0 Å². The van der Waals surface area contributed by atoms with Crippen LogP contribution in [0.4, 0.5) is 0 Å². The molecule has 0 aliphatic carbocycles. The van der Waals surface area contributed by atoms with Gasteiger partial charge in [0.15, 0.2) is 6.61 Å². The van der Waals surface area contributed by atoms with Crippen LogP contribution in [0, 0.1) is 0 Å². The quantitative estimate of drug-likeness (QED) is 0.898. The van der Waals surface area contributed by atoms with E-state index in [1.165, 1.54) is 11.0 Å². The van der Waals surface area contributed by atoms with E-state index in [4.69, 9.17) is 4.74 Å². The fourth-order valence-electron chi connectivity index (χ4n) is 1.58. The molecule has 0 saturated heterocycles. The zero-order chi connectivity index (χ0) is 14.6. The Morgan fingerprint density at radius 1 is 1.30 bits per heavy atom. The van der Waals surface area contributed by atoms with E-state index in [9.17, 15) is 4.79 Å². The molecule has 0 saturated carbocycles. The van der Waals surface area contributed by atoms with Gasteiger partial charge in [0, 0.05) is 5.54 Å². The Balaban J connectivity index is 1.90. The fourth-order valence-corrected chi connectivity index (χ4v) is 1.58. The van der Waals surface area contributed by atoms with Crippen LogP contribution in [-0.4, -0.2) is 38.3 Å². The Bertz CT molecular complexity index is 557. The number of ether oxygens (including phenoxy) is 1. The summed E-state index contributed by atoms with van der Waals surface area (Å²) < 4.78 is 6.95. The number of rotatable bonds is 4. The molecule has 2 rings (SSSR count). The van der Waals surface area contributed by atoms with Crippen molar-refractivity contribution in [2.45, 2.75) is 26.3 Å². The van der Waals surface area contributed by atoms with Gasteiger partial charge in [-0.1, -0.05) is 0 Å². The molecule has 1 N–H and O–H groups in total. The molecule has 0 aliphatic rings. The van der Waals surface area contributed by atoms with Crippen molar-refractivity contribution in [1.29, 1.82) is 0 Å². The van der Waals surface area contributed by atoms with Crippen LogP contribution in [0.1, 0.15) is 20.8 Å². The number of amides is 1. The smallest absolute Gasteiger partial charge is 0.258 e. The zero-order valence-electron chi connectivity index (χ0n) is 11.7. The van der Waals surface area contributed by atoms with E-state index in [1.807, 2.05) is 32.9 Å². The molecule has 2 aromatic rings. The van der Waals surface area contributed by atoms with Crippen molar-refractivity contribution in [2.75, 3.05) is 6.61 Å². The molecule has 7 nitrogen and oxygen atoms in total. The number of hydrogen-bond acceptors (Lipinski definition) is 5. The minimum atomic E-state index is -0.260. The van der Waals surface area contributed by atoms with Crippen molar-refractivity contribution in [3.05, 3.63) is 30.6 Å². The molecule has 0 atom stereocenters. The highest BCUT2D eigenvalue weighted by Gasteiger charge is 2.13. The first-order valence-electron chi connectivity index (χ1n) is 6.21. The van der Waals surface area contributed by atoms with Crippen molar-refractivity contribution < 1.29 is 9.53 Å². The summed E-state index contributed by atoms with van der Waals surface area (Å²) in [5, 5.41) is 13.7. The molecule has 1 amide bonds. The maximum atomic E-state index is 11.6. The first kappa shape index (κ1) is 14.0. The van der Waals surface area contributed by atoms with E-state index in [0.29, 0.717) is 5.75 Å². The summed E-state index contributed by atoms with van der Waals surface area (Å²) in [7, 11) is 0. The van der Waals surface area contributed by atoms with Gasteiger partial charge >= 0.3 is 0 Å². The summed E-state index contributed by atoms with van der Waals surface area (Å²) >= 11 is 0. The Kier molecular flexibility index (Phi) is 3.97. The van der Waals surface area contributed by atoms with Crippen LogP contribution < -0.4 is 10.1 Å². The Labute approximate surface area is 116 Å². The molecule has 0 unspecified atom stereocenters. The Hall–Kier alpha value is -2.44. The number of aromatic nitrogens is 4. The van der Waals surface area contributed by atoms with Crippen molar-refractivity contribution in [1.82, 2.24) is 25.5 Å². The molecule has 0 bridgehead atoms. The van der Waals surface area contributed by atoms with Gasteiger partial charge < -0.3 is 10.1 Å². The van der Waals surface area contributed by atoms with Crippen molar-refractivity contribution in [3.8, 4) is 11.4 Å². The largest absolute Gasteiger partial charge is 0.484 e. The molecule has 0 spiro atoms. The summed E-state index contributed by atoms with van der Waals surface area (Å²) in [4.78, 5) is 11.6.